The van der Waals surface area contributed by atoms with Gasteiger partial charge in [0.2, 0.25) is 16.3 Å². The van der Waals surface area contributed by atoms with Gasteiger partial charge in [-0.05, 0) is 11.1 Å². The summed E-state index contributed by atoms with van der Waals surface area (Å²) in [4.78, 5) is 0. The zero-order valence-corrected chi connectivity index (χ0v) is 9.32. The minimum absolute atomic E-state index is 0. The average molecular weight is 199 g/mol. The van der Waals surface area contributed by atoms with Crippen molar-refractivity contribution in [1.29, 1.82) is 0 Å². The van der Waals surface area contributed by atoms with Gasteiger partial charge in [-0.25, -0.2) is 0 Å². The predicted octanol–water partition coefficient (Wildman–Crippen LogP) is 1.05. The molecule has 2 aromatic carbocycles. The molecule has 0 heterocycles. The second kappa shape index (κ2) is 4.97. The summed E-state index contributed by atoms with van der Waals surface area (Å²) in [5.74, 6) is 0. The fourth-order valence-electron chi connectivity index (χ4n) is 1.33. The van der Waals surface area contributed by atoms with Crippen LogP contribution in [-0.4, -0.2) is 21.8 Å². The van der Waals surface area contributed by atoms with Gasteiger partial charge in [0.1, 0.15) is 0 Å². The van der Waals surface area contributed by atoms with E-state index in [-0.39, 0.29) is 5.48 Å². The van der Waals surface area contributed by atoms with Gasteiger partial charge in [-0.15, -0.1) is 4.43 Å². The smallest absolute Gasteiger partial charge is 0.223 e. The van der Waals surface area contributed by atoms with Crippen molar-refractivity contribution in [2.75, 3.05) is 0 Å². The number of hydrogen-bond donors (Lipinski definition) is 0. The van der Waals surface area contributed by atoms with E-state index in [0.29, 0.717) is 0 Å². The molecule has 0 aromatic heterocycles. The first-order valence-electron chi connectivity index (χ1n) is 4.34. The minimum atomic E-state index is 0. The van der Waals surface area contributed by atoms with Gasteiger partial charge in [0.05, 0.1) is 0 Å². The molecule has 2 N–H and O–H groups in total. The Hall–Kier alpha value is -1.07. The van der Waals surface area contributed by atoms with E-state index in [1.165, 1.54) is 15.6 Å². The van der Waals surface area contributed by atoms with E-state index in [0.717, 1.165) is 0 Å². The van der Waals surface area contributed by atoms with E-state index in [1.54, 1.807) is 0 Å². The largest absolute Gasteiger partial charge is 0.412 e. The van der Waals surface area contributed by atoms with Crippen LogP contribution in [0.4, 0.5) is 0 Å². The molecule has 0 atom stereocenters. The number of rotatable bonds is 1. The average Bonchev–Trinajstić information content (AvgIpc) is 2.20. The highest BCUT2D eigenvalue weighted by atomic mass is 27.0. The zero-order valence-electron chi connectivity index (χ0n) is 7.90. The molecule has 69 valence electrons. The molecule has 0 saturated heterocycles. The highest BCUT2D eigenvalue weighted by Gasteiger charge is 1.93. The second-order valence-electron chi connectivity index (χ2n) is 3.06. The van der Waals surface area contributed by atoms with Crippen LogP contribution in [0.2, 0.25) is 0 Å². The summed E-state index contributed by atoms with van der Waals surface area (Å²) < 4.78 is 1.33. The molecule has 1 nitrogen and oxygen atoms in total. The molecule has 0 bridgehead atoms. The maximum atomic E-state index is 2.16. The van der Waals surface area contributed by atoms with Gasteiger partial charge in [0.15, 0.2) is 0 Å². The third-order valence-electron chi connectivity index (χ3n) is 2.06. The SMILES string of the molecule is O.[AlH][c]1ccc(-c2ccccc2)cc1. The maximum Gasteiger partial charge on any atom is 0.223 e. The Morgan fingerprint density at radius 3 is 1.71 bits per heavy atom. The van der Waals surface area contributed by atoms with Gasteiger partial charge < -0.3 is 5.48 Å². The number of hydrogen-bond acceptors (Lipinski definition) is 0. The molecule has 0 unspecified atom stereocenters. The normalized spacial score (nSPS) is 9.14. The molecule has 0 amide bonds. The summed E-state index contributed by atoms with van der Waals surface area (Å²) in [6.07, 6.45) is 0. The minimum Gasteiger partial charge on any atom is -0.412 e. The molecule has 0 aliphatic carbocycles. The highest BCUT2D eigenvalue weighted by Crippen LogP contribution is 2.16. The lowest BCUT2D eigenvalue weighted by Gasteiger charge is -2.01. The first-order valence-corrected chi connectivity index (χ1v) is 5.04. The molecule has 2 aromatic rings. The van der Waals surface area contributed by atoms with Crippen LogP contribution in [0, 0.1) is 0 Å². The van der Waals surface area contributed by atoms with Gasteiger partial charge in [-0.2, -0.15) is 0 Å². The fourth-order valence-corrected chi connectivity index (χ4v) is 1.56. The van der Waals surface area contributed by atoms with Gasteiger partial charge in [-0.1, -0.05) is 54.6 Å². The molecule has 0 aliphatic rings. The van der Waals surface area contributed by atoms with E-state index >= 15 is 0 Å². The van der Waals surface area contributed by atoms with E-state index in [9.17, 15) is 0 Å². The Morgan fingerprint density at radius 1 is 0.643 bits per heavy atom. The Morgan fingerprint density at radius 2 is 1.14 bits per heavy atom. The van der Waals surface area contributed by atoms with Crippen molar-refractivity contribution < 1.29 is 5.48 Å². The predicted molar refractivity (Wildman–Crippen MR) is 62.3 cm³/mol. The van der Waals surface area contributed by atoms with Crippen molar-refractivity contribution in [1.82, 2.24) is 0 Å². The van der Waals surface area contributed by atoms with E-state index in [1.807, 2.05) is 22.4 Å². The second-order valence-corrected chi connectivity index (χ2v) is 3.88. The lowest BCUT2D eigenvalue weighted by Crippen LogP contribution is -1.98. The monoisotopic (exact) mass is 199 g/mol. The van der Waals surface area contributed by atoms with Crippen LogP contribution in [0.1, 0.15) is 0 Å². The van der Waals surface area contributed by atoms with Crippen molar-refractivity contribution >= 4 is 20.7 Å². The summed E-state index contributed by atoms with van der Waals surface area (Å²) in [7, 11) is 0. The molecule has 2 heteroatoms. The van der Waals surface area contributed by atoms with Crippen molar-refractivity contribution in [3.8, 4) is 11.1 Å². The van der Waals surface area contributed by atoms with Crippen LogP contribution >= 0.6 is 0 Å². The first kappa shape index (κ1) is 11.0. The van der Waals surface area contributed by atoms with Crippen LogP contribution in [0.5, 0.6) is 0 Å². The van der Waals surface area contributed by atoms with Crippen molar-refractivity contribution in [3.05, 3.63) is 54.6 Å². The third kappa shape index (κ3) is 2.46. The van der Waals surface area contributed by atoms with E-state index < -0.39 is 0 Å². The zero-order chi connectivity index (χ0) is 9.10. The van der Waals surface area contributed by atoms with Crippen LogP contribution in [-0.2, 0) is 0 Å². The fraction of sp³-hybridized carbons (Fsp3) is 0. The number of benzene rings is 2. The third-order valence-corrected chi connectivity index (χ3v) is 2.53. The summed E-state index contributed by atoms with van der Waals surface area (Å²) in [6, 6.07) is 19.1. The Labute approximate surface area is 92.1 Å². The van der Waals surface area contributed by atoms with Gasteiger partial charge >= 0.3 is 0 Å². The first-order chi connectivity index (χ1) is 6.36. The van der Waals surface area contributed by atoms with E-state index in [4.69, 9.17) is 0 Å². The summed E-state index contributed by atoms with van der Waals surface area (Å²) in [5, 5.41) is 0. The Kier molecular flexibility index (Phi) is 3.91. The van der Waals surface area contributed by atoms with Crippen LogP contribution in [0.25, 0.3) is 11.1 Å². The highest BCUT2D eigenvalue weighted by molar-refractivity contribution is 6.32. The maximum absolute atomic E-state index is 2.16. The molecular formula is C12H12AlO. The summed E-state index contributed by atoms with van der Waals surface area (Å²) >= 11 is 1.91. The van der Waals surface area contributed by atoms with Gasteiger partial charge in [0.25, 0.3) is 0 Å². The Bertz CT molecular complexity index is 381. The molecule has 0 saturated carbocycles. The molecule has 14 heavy (non-hydrogen) atoms. The quantitative estimate of drug-likeness (QED) is 0.615. The van der Waals surface area contributed by atoms with Gasteiger partial charge in [0, 0.05) is 0 Å². The molecule has 0 spiro atoms. The topological polar surface area (TPSA) is 31.5 Å². The van der Waals surface area contributed by atoms with Crippen LogP contribution in [0.3, 0.4) is 0 Å². The molecular weight excluding hydrogens is 187 g/mol. The van der Waals surface area contributed by atoms with Crippen LogP contribution < -0.4 is 4.43 Å². The van der Waals surface area contributed by atoms with E-state index in [2.05, 4.69) is 48.5 Å². The molecule has 1 radical (unpaired) electrons. The lowest BCUT2D eigenvalue weighted by molar-refractivity contribution is 0.824. The van der Waals surface area contributed by atoms with Crippen molar-refractivity contribution in [2.24, 2.45) is 0 Å². The molecule has 0 fully saturated rings. The standard InChI is InChI=1S/C12H9.Al.H2O.H/c1-3-7-11(8-4-1)12-9-5-2-6-10-12;;;/h1,3-10H;;1H2;. The van der Waals surface area contributed by atoms with Crippen molar-refractivity contribution in [3.63, 3.8) is 0 Å². The molecule has 0 aliphatic heterocycles. The lowest BCUT2D eigenvalue weighted by atomic mass is 10.1. The van der Waals surface area contributed by atoms with Crippen molar-refractivity contribution in [2.45, 2.75) is 0 Å². The Balaban J connectivity index is 0.000000980. The van der Waals surface area contributed by atoms with Crippen LogP contribution in [0.15, 0.2) is 54.6 Å². The summed E-state index contributed by atoms with van der Waals surface area (Å²) in [5.41, 5.74) is 2.57. The van der Waals surface area contributed by atoms with Gasteiger partial charge in [-0.3, -0.25) is 0 Å². The summed E-state index contributed by atoms with van der Waals surface area (Å²) in [6.45, 7) is 0. The molecule has 2 rings (SSSR count).